The first-order chi connectivity index (χ1) is 13.8. The molecule has 1 aromatic rings. The third-order valence-electron chi connectivity index (χ3n) is 5.22. The number of likely N-dealkylation sites (tertiary alicyclic amines) is 1. The zero-order valence-corrected chi connectivity index (χ0v) is 17.2. The number of carbonyl (C=O) groups excluding carboxylic acids is 3. The second-order valence-electron chi connectivity index (χ2n) is 7.58. The molecule has 1 aliphatic heterocycles. The Morgan fingerprint density at radius 2 is 1.10 bits per heavy atom. The number of carbonyl (C=O) groups is 3. The van der Waals surface area contributed by atoms with E-state index in [0.29, 0.717) is 35.5 Å². The van der Waals surface area contributed by atoms with Gasteiger partial charge in [-0.25, -0.2) is 0 Å². The van der Waals surface area contributed by atoms with E-state index in [1.54, 1.807) is 0 Å². The lowest BCUT2D eigenvalue weighted by molar-refractivity contribution is 0.112. The van der Waals surface area contributed by atoms with Crippen LogP contribution in [0.1, 0.15) is 63.7 Å². The van der Waals surface area contributed by atoms with Crippen LogP contribution in [-0.4, -0.2) is 67.6 Å². The molecule has 1 saturated carbocycles. The molecule has 3 rings (SSSR count). The first kappa shape index (κ1) is 25.1. The maximum Gasteiger partial charge on any atom is 0.150 e. The molecule has 4 atom stereocenters. The van der Waals surface area contributed by atoms with Gasteiger partial charge >= 0.3 is 0 Å². The van der Waals surface area contributed by atoms with Crippen LogP contribution in [0.4, 0.5) is 0 Å². The van der Waals surface area contributed by atoms with Crippen LogP contribution in [-0.2, 0) is 0 Å². The zero-order chi connectivity index (χ0) is 21.8. The largest absolute Gasteiger partial charge is 0.326 e. The van der Waals surface area contributed by atoms with Gasteiger partial charge in [0.15, 0.2) is 0 Å². The molecule has 2 aliphatic rings. The van der Waals surface area contributed by atoms with Gasteiger partial charge in [-0.3, -0.25) is 14.4 Å². The summed E-state index contributed by atoms with van der Waals surface area (Å²) in [6.45, 7) is 5.14. The molecule has 0 spiro atoms. The third-order valence-corrected chi connectivity index (χ3v) is 5.22. The summed E-state index contributed by atoms with van der Waals surface area (Å²) in [4.78, 5) is 33.2. The monoisotopic (exact) mass is 405 g/mol. The average Bonchev–Trinajstić information content (AvgIpc) is 3.08. The van der Waals surface area contributed by atoms with Gasteiger partial charge in [0.25, 0.3) is 0 Å². The van der Waals surface area contributed by atoms with Crippen molar-refractivity contribution in [2.45, 2.75) is 56.8 Å². The van der Waals surface area contributed by atoms with Gasteiger partial charge < -0.3 is 27.8 Å². The second kappa shape index (κ2) is 13.3. The summed E-state index contributed by atoms with van der Waals surface area (Å²) in [5.41, 5.74) is 23.7. The minimum absolute atomic E-state index is 0.199. The SMILES string of the molecule is CCN1C[C@@H](N)[C@H](N)C1.N[C@@H]1CCCC[C@H]1N.O=Cc1cc(C=O)cc(C=O)c1. The smallest absolute Gasteiger partial charge is 0.150 e. The van der Waals surface area contributed by atoms with Crippen LogP contribution in [0, 0.1) is 0 Å². The van der Waals surface area contributed by atoms with E-state index in [4.69, 9.17) is 22.9 Å². The van der Waals surface area contributed by atoms with E-state index < -0.39 is 0 Å². The normalized spacial score (nSPS) is 26.4. The predicted octanol–water partition coefficient (Wildman–Crippen LogP) is 0.316. The zero-order valence-electron chi connectivity index (χ0n) is 17.2. The quantitative estimate of drug-likeness (QED) is 0.521. The lowest BCUT2D eigenvalue weighted by Crippen LogP contribution is -2.43. The van der Waals surface area contributed by atoms with Crippen molar-refractivity contribution < 1.29 is 14.4 Å². The molecule has 8 heteroatoms. The predicted molar refractivity (Wildman–Crippen MR) is 115 cm³/mol. The van der Waals surface area contributed by atoms with Gasteiger partial charge in [0.05, 0.1) is 0 Å². The van der Waals surface area contributed by atoms with Gasteiger partial charge in [0, 0.05) is 53.9 Å². The van der Waals surface area contributed by atoms with E-state index in [0.717, 1.165) is 32.5 Å². The lowest BCUT2D eigenvalue weighted by Gasteiger charge is -2.24. The van der Waals surface area contributed by atoms with Crippen molar-refractivity contribution in [3.8, 4) is 0 Å². The Kier molecular flexibility index (Phi) is 11.5. The highest BCUT2D eigenvalue weighted by atomic mass is 16.1. The average molecular weight is 406 g/mol. The highest BCUT2D eigenvalue weighted by Crippen LogP contribution is 2.14. The summed E-state index contributed by atoms with van der Waals surface area (Å²) in [6, 6.07) is 5.23. The molecule has 0 bridgehead atoms. The Morgan fingerprint density at radius 3 is 1.31 bits per heavy atom. The first-order valence-electron chi connectivity index (χ1n) is 10.1. The van der Waals surface area contributed by atoms with Gasteiger partial charge in [-0.05, 0) is 37.6 Å². The minimum Gasteiger partial charge on any atom is -0.326 e. The van der Waals surface area contributed by atoms with Crippen LogP contribution in [0.15, 0.2) is 18.2 Å². The molecule has 0 aromatic heterocycles. The number of aldehydes is 3. The summed E-state index contributed by atoms with van der Waals surface area (Å²) in [5.74, 6) is 0. The molecule has 1 aromatic carbocycles. The summed E-state index contributed by atoms with van der Waals surface area (Å²) in [7, 11) is 0. The van der Waals surface area contributed by atoms with E-state index in [9.17, 15) is 14.4 Å². The summed E-state index contributed by atoms with van der Waals surface area (Å²) in [6.07, 6.45) is 6.59. The van der Waals surface area contributed by atoms with Gasteiger partial charge in [-0.2, -0.15) is 0 Å². The molecule has 8 N–H and O–H groups in total. The summed E-state index contributed by atoms with van der Waals surface area (Å²) in [5, 5.41) is 0. The van der Waals surface area contributed by atoms with Crippen LogP contribution < -0.4 is 22.9 Å². The lowest BCUT2D eigenvalue weighted by atomic mass is 9.92. The molecule has 0 amide bonds. The highest BCUT2D eigenvalue weighted by Gasteiger charge is 2.25. The van der Waals surface area contributed by atoms with Crippen LogP contribution >= 0.6 is 0 Å². The fourth-order valence-corrected chi connectivity index (χ4v) is 3.29. The Hall–Kier alpha value is -1.97. The molecular formula is C21H35N5O3. The molecule has 1 aliphatic carbocycles. The third kappa shape index (κ3) is 8.93. The second-order valence-corrected chi connectivity index (χ2v) is 7.58. The Morgan fingerprint density at radius 1 is 0.759 bits per heavy atom. The van der Waals surface area contributed by atoms with Crippen molar-refractivity contribution in [3.05, 3.63) is 34.9 Å². The van der Waals surface area contributed by atoms with Gasteiger partial charge in [0.2, 0.25) is 0 Å². The van der Waals surface area contributed by atoms with Crippen molar-refractivity contribution in [1.82, 2.24) is 4.90 Å². The number of nitrogens with zero attached hydrogens (tertiary/aromatic N) is 1. The molecule has 1 heterocycles. The van der Waals surface area contributed by atoms with E-state index >= 15 is 0 Å². The number of nitrogens with two attached hydrogens (primary N) is 4. The van der Waals surface area contributed by atoms with Crippen LogP contribution in [0.25, 0.3) is 0 Å². The number of hydrogen-bond donors (Lipinski definition) is 4. The first-order valence-corrected chi connectivity index (χ1v) is 10.1. The van der Waals surface area contributed by atoms with Crippen molar-refractivity contribution in [3.63, 3.8) is 0 Å². The number of likely N-dealkylation sites (N-methyl/N-ethyl adjacent to an activating group) is 1. The maximum absolute atomic E-state index is 10.3. The van der Waals surface area contributed by atoms with Crippen molar-refractivity contribution in [2.24, 2.45) is 22.9 Å². The molecular weight excluding hydrogens is 370 g/mol. The van der Waals surface area contributed by atoms with Crippen LogP contribution in [0.3, 0.4) is 0 Å². The molecule has 8 nitrogen and oxygen atoms in total. The number of hydrogen-bond acceptors (Lipinski definition) is 8. The Balaban J connectivity index is 0.000000223. The van der Waals surface area contributed by atoms with Gasteiger partial charge in [-0.15, -0.1) is 0 Å². The van der Waals surface area contributed by atoms with Gasteiger partial charge in [0.1, 0.15) is 18.9 Å². The fraction of sp³-hybridized carbons (Fsp3) is 0.571. The van der Waals surface area contributed by atoms with E-state index in [-0.39, 0.29) is 24.2 Å². The molecule has 29 heavy (non-hydrogen) atoms. The fourth-order valence-electron chi connectivity index (χ4n) is 3.29. The van der Waals surface area contributed by atoms with E-state index in [2.05, 4.69) is 11.8 Å². The molecule has 1 saturated heterocycles. The standard InChI is InChI=1S/C9H6O3.C6H15N3.C6H14N2/c10-4-7-1-8(5-11)3-9(2-7)6-12;1-2-9-3-5(7)6(8)4-9;7-5-3-1-2-4-6(5)8/h1-6H;5-6H,2-4,7-8H2,1H3;5-6H,1-4,7-8H2/t;2*5-,6-/m.11/s1. The highest BCUT2D eigenvalue weighted by molar-refractivity contribution is 5.87. The molecule has 0 unspecified atom stereocenters. The number of benzene rings is 1. The maximum atomic E-state index is 10.3. The molecule has 2 fully saturated rings. The Labute approximate surface area is 173 Å². The molecule has 0 radical (unpaired) electrons. The van der Waals surface area contributed by atoms with Crippen molar-refractivity contribution in [2.75, 3.05) is 19.6 Å². The van der Waals surface area contributed by atoms with E-state index in [1.165, 1.54) is 31.0 Å². The number of rotatable bonds is 4. The van der Waals surface area contributed by atoms with Crippen molar-refractivity contribution in [1.29, 1.82) is 0 Å². The minimum atomic E-state index is 0.199. The summed E-state index contributed by atoms with van der Waals surface area (Å²) < 4.78 is 0. The Bertz CT molecular complexity index is 570. The van der Waals surface area contributed by atoms with Crippen LogP contribution in [0.5, 0.6) is 0 Å². The van der Waals surface area contributed by atoms with Crippen molar-refractivity contribution >= 4 is 18.9 Å². The topological polar surface area (TPSA) is 159 Å². The van der Waals surface area contributed by atoms with Gasteiger partial charge in [-0.1, -0.05) is 19.8 Å². The summed E-state index contributed by atoms with van der Waals surface area (Å²) >= 11 is 0. The van der Waals surface area contributed by atoms with Crippen LogP contribution in [0.2, 0.25) is 0 Å². The molecule has 162 valence electrons. The van der Waals surface area contributed by atoms with E-state index in [1.807, 2.05) is 0 Å².